The molecule has 4 heteroatoms. The molecule has 0 aliphatic carbocycles. The second-order valence-corrected chi connectivity index (χ2v) is 4.63. The summed E-state index contributed by atoms with van der Waals surface area (Å²) in [5.41, 5.74) is 1.22. The number of halogens is 1. The van der Waals surface area contributed by atoms with Gasteiger partial charge in [0.2, 0.25) is 0 Å². The molecule has 0 saturated carbocycles. The molecule has 0 saturated heterocycles. The SMILES string of the molecule is CCN(Cc1ccc(C#CCO)cc1F)C(C)COC. The molecule has 0 heterocycles. The minimum absolute atomic E-state index is 0.221. The van der Waals surface area contributed by atoms with Crippen LogP contribution in [0.5, 0.6) is 0 Å². The Hall–Kier alpha value is -1.41. The lowest BCUT2D eigenvalue weighted by molar-refractivity contribution is 0.0975. The first-order valence-corrected chi connectivity index (χ1v) is 6.73. The molecule has 1 rings (SSSR count). The van der Waals surface area contributed by atoms with E-state index >= 15 is 0 Å². The minimum Gasteiger partial charge on any atom is -0.384 e. The molecule has 20 heavy (non-hydrogen) atoms. The monoisotopic (exact) mass is 279 g/mol. The van der Waals surface area contributed by atoms with Crippen molar-refractivity contribution in [3.8, 4) is 11.8 Å². The van der Waals surface area contributed by atoms with Crippen molar-refractivity contribution in [2.24, 2.45) is 0 Å². The van der Waals surface area contributed by atoms with Crippen LogP contribution in [-0.2, 0) is 11.3 Å². The van der Waals surface area contributed by atoms with Crippen molar-refractivity contribution in [1.82, 2.24) is 4.90 Å². The highest BCUT2D eigenvalue weighted by Crippen LogP contribution is 2.14. The highest BCUT2D eigenvalue weighted by atomic mass is 19.1. The van der Waals surface area contributed by atoms with Crippen molar-refractivity contribution < 1.29 is 14.2 Å². The van der Waals surface area contributed by atoms with Gasteiger partial charge in [0.1, 0.15) is 12.4 Å². The standard InChI is InChI=1S/C16H22FNO2/c1-4-18(13(2)12-20-3)11-15-8-7-14(6-5-9-19)10-16(15)17/h7-8,10,13,19H,4,9,11-12H2,1-3H3. The van der Waals surface area contributed by atoms with E-state index < -0.39 is 0 Å². The molecular weight excluding hydrogens is 257 g/mol. The number of benzene rings is 1. The van der Waals surface area contributed by atoms with Crippen molar-refractivity contribution in [2.45, 2.75) is 26.4 Å². The Bertz CT molecular complexity index is 479. The molecule has 0 aliphatic rings. The summed E-state index contributed by atoms with van der Waals surface area (Å²) in [6, 6.07) is 5.17. The number of aliphatic hydroxyl groups is 1. The van der Waals surface area contributed by atoms with Crippen LogP contribution >= 0.6 is 0 Å². The zero-order valence-electron chi connectivity index (χ0n) is 12.3. The molecule has 3 nitrogen and oxygen atoms in total. The predicted octanol–water partition coefficient (Wildman–Crippen LogP) is 2.03. The lowest BCUT2D eigenvalue weighted by Gasteiger charge is -2.27. The van der Waals surface area contributed by atoms with Gasteiger partial charge in [-0.1, -0.05) is 24.8 Å². The van der Waals surface area contributed by atoms with Crippen LogP contribution in [0.2, 0.25) is 0 Å². The Morgan fingerprint density at radius 1 is 1.45 bits per heavy atom. The van der Waals surface area contributed by atoms with Gasteiger partial charge in [0.25, 0.3) is 0 Å². The minimum atomic E-state index is -0.266. The number of aliphatic hydroxyl groups excluding tert-OH is 1. The maximum atomic E-state index is 14.0. The maximum Gasteiger partial charge on any atom is 0.128 e. The van der Waals surface area contributed by atoms with Crippen molar-refractivity contribution >= 4 is 0 Å². The maximum absolute atomic E-state index is 14.0. The van der Waals surface area contributed by atoms with E-state index in [0.717, 1.165) is 6.54 Å². The zero-order chi connectivity index (χ0) is 15.0. The average Bonchev–Trinajstić information content (AvgIpc) is 2.44. The molecule has 1 aromatic rings. The van der Waals surface area contributed by atoms with E-state index in [9.17, 15) is 4.39 Å². The van der Waals surface area contributed by atoms with Crippen molar-refractivity contribution in [3.63, 3.8) is 0 Å². The summed E-state index contributed by atoms with van der Waals surface area (Å²) in [6.45, 7) is 5.88. The summed E-state index contributed by atoms with van der Waals surface area (Å²) in [4.78, 5) is 2.15. The summed E-state index contributed by atoms with van der Waals surface area (Å²) in [6.07, 6.45) is 0. The van der Waals surface area contributed by atoms with Gasteiger partial charge in [0, 0.05) is 30.8 Å². The van der Waals surface area contributed by atoms with Gasteiger partial charge < -0.3 is 9.84 Å². The fourth-order valence-electron chi connectivity index (χ4n) is 2.04. The van der Waals surface area contributed by atoms with E-state index in [1.807, 2.05) is 6.92 Å². The van der Waals surface area contributed by atoms with Gasteiger partial charge in [0.05, 0.1) is 6.61 Å². The second kappa shape index (κ2) is 8.70. The third-order valence-electron chi connectivity index (χ3n) is 3.18. The van der Waals surface area contributed by atoms with Gasteiger partial charge in [-0.25, -0.2) is 4.39 Å². The molecule has 0 amide bonds. The highest BCUT2D eigenvalue weighted by Gasteiger charge is 2.14. The number of ether oxygens (including phenoxy) is 1. The van der Waals surface area contributed by atoms with Crippen LogP contribution in [0.15, 0.2) is 18.2 Å². The molecule has 1 N–H and O–H groups in total. The Labute approximate surface area is 120 Å². The lowest BCUT2D eigenvalue weighted by atomic mass is 10.1. The summed E-state index contributed by atoms with van der Waals surface area (Å²) in [7, 11) is 1.67. The fourth-order valence-corrected chi connectivity index (χ4v) is 2.04. The van der Waals surface area contributed by atoms with Crippen LogP contribution in [-0.4, -0.2) is 42.9 Å². The van der Waals surface area contributed by atoms with Gasteiger partial charge in [-0.15, -0.1) is 0 Å². The molecule has 1 atom stereocenters. The predicted molar refractivity (Wildman–Crippen MR) is 77.8 cm³/mol. The third kappa shape index (κ3) is 4.93. The largest absolute Gasteiger partial charge is 0.384 e. The van der Waals surface area contributed by atoms with Gasteiger partial charge >= 0.3 is 0 Å². The molecule has 0 bridgehead atoms. The Balaban J connectivity index is 2.81. The van der Waals surface area contributed by atoms with E-state index in [1.54, 1.807) is 19.2 Å². The number of hydrogen-bond donors (Lipinski definition) is 1. The third-order valence-corrected chi connectivity index (χ3v) is 3.18. The normalized spacial score (nSPS) is 12.1. The van der Waals surface area contributed by atoms with Crippen LogP contribution in [0, 0.1) is 17.7 Å². The van der Waals surface area contributed by atoms with Gasteiger partial charge in [-0.3, -0.25) is 4.90 Å². The molecule has 1 aromatic carbocycles. The molecular formula is C16H22FNO2. The van der Waals surface area contributed by atoms with Crippen LogP contribution in [0.25, 0.3) is 0 Å². The molecule has 0 aromatic heterocycles. The zero-order valence-corrected chi connectivity index (χ0v) is 12.3. The van der Waals surface area contributed by atoms with E-state index in [4.69, 9.17) is 9.84 Å². The molecule has 110 valence electrons. The van der Waals surface area contributed by atoms with Crippen molar-refractivity contribution in [1.29, 1.82) is 0 Å². The highest BCUT2D eigenvalue weighted by molar-refractivity contribution is 5.37. The summed E-state index contributed by atoms with van der Waals surface area (Å²) >= 11 is 0. The van der Waals surface area contributed by atoms with Crippen molar-refractivity contribution in [3.05, 3.63) is 35.1 Å². The number of likely N-dealkylation sites (N-methyl/N-ethyl adjacent to an activating group) is 1. The lowest BCUT2D eigenvalue weighted by Crippen LogP contribution is -2.35. The van der Waals surface area contributed by atoms with Crippen LogP contribution in [0.4, 0.5) is 4.39 Å². The Morgan fingerprint density at radius 2 is 2.20 bits per heavy atom. The number of nitrogens with zero attached hydrogens (tertiary/aromatic N) is 1. The number of hydrogen-bond acceptors (Lipinski definition) is 3. The Morgan fingerprint density at radius 3 is 2.75 bits per heavy atom. The topological polar surface area (TPSA) is 32.7 Å². The summed E-state index contributed by atoms with van der Waals surface area (Å²) in [5.74, 6) is 4.94. The first-order chi connectivity index (χ1) is 9.62. The van der Waals surface area contributed by atoms with Gasteiger partial charge in [0.15, 0.2) is 0 Å². The molecule has 0 fully saturated rings. The van der Waals surface area contributed by atoms with E-state index in [-0.39, 0.29) is 18.5 Å². The Kier molecular flexibility index (Phi) is 7.24. The molecule has 0 spiro atoms. The van der Waals surface area contributed by atoms with E-state index in [2.05, 4.69) is 23.7 Å². The molecule has 1 unspecified atom stereocenters. The molecule has 0 radical (unpaired) electrons. The smallest absolute Gasteiger partial charge is 0.128 e. The second-order valence-electron chi connectivity index (χ2n) is 4.63. The number of methoxy groups -OCH3 is 1. The van der Waals surface area contributed by atoms with Crippen LogP contribution in [0.1, 0.15) is 25.0 Å². The quantitative estimate of drug-likeness (QED) is 0.809. The first-order valence-electron chi connectivity index (χ1n) is 6.73. The number of rotatable bonds is 6. The van der Waals surface area contributed by atoms with Crippen LogP contribution in [0.3, 0.4) is 0 Å². The molecule has 0 aliphatic heterocycles. The first kappa shape index (κ1) is 16.6. The van der Waals surface area contributed by atoms with Gasteiger partial charge in [-0.2, -0.15) is 0 Å². The van der Waals surface area contributed by atoms with Gasteiger partial charge in [-0.05, 0) is 25.6 Å². The van der Waals surface area contributed by atoms with Crippen LogP contribution < -0.4 is 0 Å². The average molecular weight is 279 g/mol. The summed E-state index contributed by atoms with van der Waals surface area (Å²) < 4.78 is 19.2. The van der Waals surface area contributed by atoms with E-state index in [1.165, 1.54) is 6.07 Å². The van der Waals surface area contributed by atoms with E-state index in [0.29, 0.717) is 24.3 Å². The summed E-state index contributed by atoms with van der Waals surface area (Å²) in [5, 5.41) is 8.63. The van der Waals surface area contributed by atoms with Crippen molar-refractivity contribution in [2.75, 3.05) is 26.9 Å². The fraction of sp³-hybridized carbons (Fsp3) is 0.500.